The van der Waals surface area contributed by atoms with E-state index in [4.69, 9.17) is 5.11 Å². The number of nitrogens with one attached hydrogen (secondary N) is 2. The van der Waals surface area contributed by atoms with Crippen molar-refractivity contribution < 1.29 is 14.7 Å². The highest BCUT2D eigenvalue weighted by molar-refractivity contribution is 5.93. The zero-order valence-corrected chi connectivity index (χ0v) is 10.1. The molecule has 0 aliphatic heterocycles. The van der Waals surface area contributed by atoms with Gasteiger partial charge in [-0.25, -0.2) is 0 Å². The van der Waals surface area contributed by atoms with E-state index in [2.05, 4.69) is 10.3 Å². The second kappa shape index (κ2) is 6.58. The third-order valence-corrected chi connectivity index (χ3v) is 2.59. The maximum Gasteiger partial charge on any atom is 0.306 e. The summed E-state index contributed by atoms with van der Waals surface area (Å²) in [6.45, 7) is 1.97. The Morgan fingerprint density at radius 2 is 2.22 bits per heavy atom. The van der Waals surface area contributed by atoms with Crippen LogP contribution in [0.4, 0.5) is 0 Å². The summed E-state index contributed by atoms with van der Waals surface area (Å²) in [6.07, 6.45) is 3.84. The Hall–Kier alpha value is -2.11. The highest BCUT2D eigenvalue weighted by Gasteiger charge is 2.11. The normalized spacial score (nSPS) is 11.8. The van der Waals surface area contributed by atoms with Crippen LogP contribution in [0, 0.1) is 5.92 Å². The minimum atomic E-state index is -0.846. The van der Waals surface area contributed by atoms with Crippen LogP contribution in [0.3, 0.4) is 0 Å². The predicted molar refractivity (Wildman–Crippen MR) is 65.4 cm³/mol. The number of carboxylic acids is 1. The summed E-state index contributed by atoms with van der Waals surface area (Å²) >= 11 is 0. The van der Waals surface area contributed by atoms with Crippen molar-refractivity contribution in [2.24, 2.45) is 5.92 Å². The number of rotatable bonds is 6. The molecule has 6 heteroatoms. The number of amides is 1. The van der Waals surface area contributed by atoms with Crippen molar-refractivity contribution >= 4 is 11.9 Å². The third-order valence-electron chi connectivity index (χ3n) is 2.59. The molecule has 1 aromatic rings. The molecule has 18 heavy (non-hydrogen) atoms. The number of carboxylic acid groups (broad SMARTS) is 1. The van der Waals surface area contributed by atoms with E-state index >= 15 is 0 Å². The molecule has 1 aromatic heterocycles. The molecule has 1 atom stereocenters. The molecule has 1 heterocycles. The number of carbonyl (C=O) groups excluding carboxylic acids is 1. The minimum absolute atomic E-state index is 0.0591. The van der Waals surface area contributed by atoms with E-state index in [1.165, 1.54) is 18.5 Å². The second-order valence-electron chi connectivity index (χ2n) is 4.06. The molecule has 0 aromatic carbocycles. The van der Waals surface area contributed by atoms with Crippen LogP contribution in [0.2, 0.25) is 0 Å². The lowest BCUT2D eigenvalue weighted by Gasteiger charge is -2.07. The molecule has 0 fully saturated rings. The number of hydrogen-bond donors (Lipinski definition) is 3. The molecular weight excluding hydrogens is 236 g/mol. The first-order chi connectivity index (χ1) is 8.52. The lowest BCUT2D eigenvalue weighted by molar-refractivity contribution is -0.141. The Labute approximate surface area is 104 Å². The summed E-state index contributed by atoms with van der Waals surface area (Å²) in [5, 5.41) is 11.3. The Bertz CT molecular complexity index is 481. The van der Waals surface area contributed by atoms with Crippen molar-refractivity contribution in [1.82, 2.24) is 10.3 Å². The summed E-state index contributed by atoms with van der Waals surface area (Å²) in [6, 6.07) is 1.28. The molecule has 0 radical (unpaired) electrons. The number of H-pyrrole nitrogens is 1. The Morgan fingerprint density at radius 1 is 1.50 bits per heavy atom. The maximum absolute atomic E-state index is 11.6. The van der Waals surface area contributed by atoms with Crippen LogP contribution in [0.5, 0.6) is 0 Å². The Balaban J connectivity index is 2.37. The smallest absolute Gasteiger partial charge is 0.306 e. The molecule has 0 aliphatic rings. The molecule has 98 valence electrons. The van der Waals surface area contributed by atoms with Gasteiger partial charge in [0.2, 0.25) is 0 Å². The van der Waals surface area contributed by atoms with Crippen LogP contribution in [0.25, 0.3) is 0 Å². The Morgan fingerprint density at radius 3 is 2.83 bits per heavy atom. The van der Waals surface area contributed by atoms with Gasteiger partial charge in [-0.3, -0.25) is 14.4 Å². The topological polar surface area (TPSA) is 99.3 Å². The van der Waals surface area contributed by atoms with Crippen molar-refractivity contribution in [3.8, 4) is 0 Å². The minimum Gasteiger partial charge on any atom is -0.481 e. The summed E-state index contributed by atoms with van der Waals surface area (Å²) in [5.41, 5.74) is -0.283. The maximum atomic E-state index is 11.6. The van der Waals surface area contributed by atoms with Gasteiger partial charge in [-0.2, -0.15) is 0 Å². The van der Waals surface area contributed by atoms with Gasteiger partial charge in [0.05, 0.1) is 5.92 Å². The van der Waals surface area contributed by atoms with Gasteiger partial charge >= 0.3 is 5.97 Å². The van der Waals surface area contributed by atoms with Crippen LogP contribution < -0.4 is 10.7 Å². The van der Waals surface area contributed by atoms with Gasteiger partial charge in [0.25, 0.3) is 5.91 Å². The molecule has 0 saturated carbocycles. The highest BCUT2D eigenvalue weighted by atomic mass is 16.4. The van der Waals surface area contributed by atoms with Gasteiger partial charge in [0.1, 0.15) is 5.56 Å². The molecule has 0 spiro atoms. The summed E-state index contributed by atoms with van der Waals surface area (Å²) in [5.74, 6) is -1.72. The van der Waals surface area contributed by atoms with Gasteiger partial charge in [0, 0.05) is 25.0 Å². The summed E-state index contributed by atoms with van der Waals surface area (Å²) < 4.78 is 0. The molecule has 1 unspecified atom stereocenters. The Kier molecular flexibility index (Phi) is 5.10. The molecule has 1 amide bonds. The van der Waals surface area contributed by atoms with Crippen LogP contribution in [-0.2, 0) is 4.79 Å². The summed E-state index contributed by atoms with van der Waals surface area (Å²) in [7, 11) is 0. The average molecular weight is 252 g/mol. The second-order valence-corrected chi connectivity index (χ2v) is 4.06. The lowest BCUT2D eigenvalue weighted by Crippen LogP contribution is -2.29. The average Bonchev–Trinajstić information content (AvgIpc) is 2.34. The molecule has 3 N–H and O–H groups in total. The number of hydrogen-bond acceptors (Lipinski definition) is 3. The van der Waals surface area contributed by atoms with E-state index in [-0.39, 0.29) is 11.0 Å². The highest BCUT2D eigenvalue weighted by Crippen LogP contribution is 2.04. The van der Waals surface area contributed by atoms with E-state index in [0.717, 1.165) is 0 Å². The van der Waals surface area contributed by atoms with Gasteiger partial charge in [-0.05, 0) is 12.8 Å². The lowest BCUT2D eigenvalue weighted by atomic mass is 10.1. The van der Waals surface area contributed by atoms with Gasteiger partial charge in [-0.1, -0.05) is 6.92 Å². The van der Waals surface area contributed by atoms with Crippen molar-refractivity contribution in [3.63, 3.8) is 0 Å². The summed E-state index contributed by atoms with van der Waals surface area (Å²) in [4.78, 5) is 36.2. The number of aliphatic carboxylic acids is 1. The zero-order valence-electron chi connectivity index (χ0n) is 10.1. The van der Waals surface area contributed by atoms with E-state index in [0.29, 0.717) is 19.4 Å². The third kappa shape index (κ3) is 4.04. The quantitative estimate of drug-likeness (QED) is 0.646. The fraction of sp³-hybridized carbons (Fsp3) is 0.417. The molecule has 0 aliphatic carbocycles. The van der Waals surface area contributed by atoms with E-state index in [9.17, 15) is 14.4 Å². The van der Waals surface area contributed by atoms with Crippen molar-refractivity contribution in [2.75, 3.05) is 6.54 Å². The molecule has 1 rings (SSSR count). The van der Waals surface area contributed by atoms with Crippen LogP contribution in [0.15, 0.2) is 23.3 Å². The van der Waals surface area contributed by atoms with Crippen LogP contribution >= 0.6 is 0 Å². The monoisotopic (exact) mass is 252 g/mol. The standard InChI is InChI=1S/C12H16N2O4/c1-8(12(17)18)3-2-5-14-11(16)9-7-13-6-4-10(9)15/h4,6-8H,2-3,5H2,1H3,(H,13,15)(H,14,16)(H,17,18). The fourth-order valence-corrected chi connectivity index (χ4v) is 1.42. The predicted octanol–water partition coefficient (Wildman–Crippen LogP) is 0.606. The van der Waals surface area contributed by atoms with Gasteiger partial charge < -0.3 is 15.4 Å². The molecule has 0 saturated heterocycles. The van der Waals surface area contributed by atoms with E-state index in [1.54, 1.807) is 6.92 Å². The van der Waals surface area contributed by atoms with Gasteiger partial charge in [0.15, 0.2) is 5.43 Å². The fourth-order valence-electron chi connectivity index (χ4n) is 1.42. The SMILES string of the molecule is CC(CCCNC(=O)c1c[nH]ccc1=O)C(=O)O. The first kappa shape index (κ1) is 14.0. The molecule has 0 bridgehead atoms. The van der Waals surface area contributed by atoms with E-state index < -0.39 is 17.8 Å². The number of pyridine rings is 1. The first-order valence-corrected chi connectivity index (χ1v) is 5.70. The van der Waals surface area contributed by atoms with Crippen LogP contribution in [0.1, 0.15) is 30.1 Å². The van der Waals surface area contributed by atoms with Crippen molar-refractivity contribution in [2.45, 2.75) is 19.8 Å². The molecule has 6 nitrogen and oxygen atoms in total. The largest absolute Gasteiger partial charge is 0.481 e. The van der Waals surface area contributed by atoms with Crippen LogP contribution in [-0.4, -0.2) is 28.5 Å². The van der Waals surface area contributed by atoms with Crippen molar-refractivity contribution in [3.05, 3.63) is 34.2 Å². The number of aromatic amines is 1. The van der Waals surface area contributed by atoms with Crippen molar-refractivity contribution in [1.29, 1.82) is 0 Å². The molecular formula is C12H16N2O4. The van der Waals surface area contributed by atoms with Gasteiger partial charge in [-0.15, -0.1) is 0 Å². The first-order valence-electron chi connectivity index (χ1n) is 5.70. The van der Waals surface area contributed by atoms with E-state index in [1.807, 2.05) is 0 Å². The zero-order chi connectivity index (χ0) is 13.5. The number of aromatic nitrogens is 1. The number of carbonyl (C=O) groups is 2.